The van der Waals surface area contributed by atoms with Crippen LogP contribution in [0.15, 0.2) is 12.1 Å². The Morgan fingerprint density at radius 2 is 2.27 bits per heavy atom. The molecule has 0 saturated carbocycles. The number of aryl methyl sites for hydroxylation is 1. The van der Waals surface area contributed by atoms with E-state index in [4.69, 9.17) is 4.74 Å². The molecule has 1 fully saturated rings. The number of ether oxygens (including phenoxy) is 1. The maximum atomic E-state index is 5.42. The van der Waals surface area contributed by atoms with Crippen LogP contribution in [0.2, 0.25) is 0 Å². The standard InChI is InChI=1S/C12H19NOS/c1-3-10-4-5-11(15-10)8-13-12(2)6-7-14-9-12/h4-5,13H,3,6-9H2,1-2H3. The minimum atomic E-state index is 0.191. The van der Waals surface area contributed by atoms with Gasteiger partial charge in [-0.3, -0.25) is 0 Å². The average molecular weight is 225 g/mol. The topological polar surface area (TPSA) is 21.3 Å². The summed E-state index contributed by atoms with van der Waals surface area (Å²) in [5, 5.41) is 3.60. The molecule has 15 heavy (non-hydrogen) atoms. The molecule has 1 aliphatic heterocycles. The summed E-state index contributed by atoms with van der Waals surface area (Å²) >= 11 is 1.91. The number of rotatable bonds is 4. The van der Waals surface area contributed by atoms with Gasteiger partial charge in [-0.15, -0.1) is 11.3 Å². The van der Waals surface area contributed by atoms with E-state index < -0.39 is 0 Å². The zero-order chi connectivity index (χ0) is 10.7. The van der Waals surface area contributed by atoms with Gasteiger partial charge in [-0.05, 0) is 31.9 Å². The van der Waals surface area contributed by atoms with Gasteiger partial charge in [0.15, 0.2) is 0 Å². The van der Waals surface area contributed by atoms with E-state index in [1.807, 2.05) is 11.3 Å². The van der Waals surface area contributed by atoms with E-state index >= 15 is 0 Å². The van der Waals surface area contributed by atoms with E-state index in [2.05, 4.69) is 31.3 Å². The third-order valence-electron chi connectivity index (χ3n) is 2.97. The van der Waals surface area contributed by atoms with Gasteiger partial charge < -0.3 is 10.1 Å². The molecular formula is C12H19NOS. The van der Waals surface area contributed by atoms with Gasteiger partial charge in [0.1, 0.15) is 0 Å². The highest BCUT2D eigenvalue weighted by Crippen LogP contribution is 2.21. The summed E-state index contributed by atoms with van der Waals surface area (Å²) in [5.74, 6) is 0. The van der Waals surface area contributed by atoms with Crippen LogP contribution in [0.3, 0.4) is 0 Å². The van der Waals surface area contributed by atoms with E-state index in [9.17, 15) is 0 Å². The van der Waals surface area contributed by atoms with Crippen LogP contribution in [-0.2, 0) is 17.7 Å². The van der Waals surface area contributed by atoms with E-state index in [1.54, 1.807) is 0 Å². The molecular weight excluding hydrogens is 206 g/mol. The van der Waals surface area contributed by atoms with Crippen LogP contribution in [0.4, 0.5) is 0 Å². The molecule has 1 atom stereocenters. The summed E-state index contributed by atoms with van der Waals surface area (Å²) in [4.78, 5) is 2.90. The van der Waals surface area contributed by atoms with Crippen LogP contribution >= 0.6 is 11.3 Å². The Bertz CT molecular complexity index is 315. The lowest BCUT2D eigenvalue weighted by molar-refractivity contribution is 0.171. The second-order valence-electron chi connectivity index (χ2n) is 4.44. The van der Waals surface area contributed by atoms with E-state index in [1.165, 1.54) is 9.75 Å². The Morgan fingerprint density at radius 1 is 1.47 bits per heavy atom. The molecule has 1 aromatic heterocycles. The first-order chi connectivity index (χ1) is 7.22. The average Bonchev–Trinajstić information content (AvgIpc) is 2.84. The predicted octanol–water partition coefficient (Wildman–Crippen LogP) is 2.58. The molecule has 0 amide bonds. The van der Waals surface area contributed by atoms with E-state index in [0.717, 1.165) is 32.6 Å². The quantitative estimate of drug-likeness (QED) is 0.850. The predicted molar refractivity (Wildman–Crippen MR) is 64.4 cm³/mol. The smallest absolute Gasteiger partial charge is 0.0646 e. The first kappa shape index (κ1) is 11.1. The third-order valence-corrected chi connectivity index (χ3v) is 4.20. The van der Waals surface area contributed by atoms with Crippen molar-refractivity contribution in [3.05, 3.63) is 21.9 Å². The van der Waals surface area contributed by atoms with Crippen molar-refractivity contribution in [1.29, 1.82) is 0 Å². The highest BCUT2D eigenvalue weighted by atomic mass is 32.1. The monoisotopic (exact) mass is 225 g/mol. The van der Waals surface area contributed by atoms with Crippen molar-refractivity contribution in [3.63, 3.8) is 0 Å². The maximum absolute atomic E-state index is 5.42. The molecule has 1 saturated heterocycles. The lowest BCUT2D eigenvalue weighted by atomic mass is 10.0. The number of hydrogen-bond donors (Lipinski definition) is 1. The second kappa shape index (κ2) is 4.64. The van der Waals surface area contributed by atoms with Crippen LogP contribution in [0, 0.1) is 0 Å². The highest BCUT2D eigenvalue weighted by molar-refractivity contribution is 7.11. The zero-order valence-corrected chi connectivity index (χ0v) is 10.3. The maximum Gasteiger partial charge on any atom is 0.0646 e. The first-order valence-electron chi connectivity index (χ1n) is 5.62. The highest BCUT2D eigenvalue weighted by Gasteiger charge is 2.28. The molecule has 0 spiro atoms. The Balaban J connectivity index is 1.87. The Labute approximate surface area is 95.6 Å². The van der Waals surface area contributed by atoms with Gasteiger partial charge in [-0.2, -0.15) is 0 Å². The number of nitrogens with one attached hydrogen (secondary N) is 1. The van der Waals surface area contributed by atoms with Crippen LogP contribution in [0.5, 0.6) is 0 Å². The van der Waals surface area contributed by atoms with E-state index in [-0.39, 0.29) is 5.54 Å². The summed E-state index contributed by atoms with van der Waals surface area (Å²) in [6, 6.07) is 4.46. The SMILES string of the molecule is CCc1ccc(CNC2(C)CCOC2)s1. The molecule has 0 radical (unpaired) electrons. The summed E-state index contributed by atoms with van der Waals surface area (Å²) in [6.07, 6.45) is 2.27. The molecule has 0 bridgehead atoms. The fourth-order valence-electron chi connectivity index (χ4n) is 1.81. The normalized spacial score (nSPS) is 26.0. The number of hydrogen-bond acceptors (Lipinski definition) is 3. The second-order valence-corrected chi connectivity index (χ2v) is 5.69. The van der Waals surface area contributed by atoms with Crippen LogP contribution < -0.4 is 5.32 Å². The minimum Gasteiger partial charge on any atom is -0.379 e. The summed E-state index contributed by atoms with van der Waals surface area (Å²) in [5.41, 5.74) is 0.191. The van der Waals surface area contributed by atoms with Crippen molar-refractivity contribution in [2.75, 3.05) is 13.2 Å². The molecule has 1 aliphatic rings. The molecule has 0 aliphatic carbocycles. The molecule has 1 N–H and O–H groups in total. The molecule has 84 valence electrons. The third kappa shape index (κ3) is 2.80. The van der Waals surface area contributed by atoms with Crippen molar-refractivity contribution in [3.8, 4) is 0 Å². The molecule has 1 aromatic rings. The number of thiophene rings is 1. The fourth-order valence-corrected chi connectivity index (χ4v) is 2.71. The molecule has 3 heteroatoms. The largest absolute Gasteiger partial charge is 0.379 e. The van der Waals surface area contributed by atoms with Crippen molar-refractivity contribution in [2.24, 2.45) is 0 Å². The molecule has 0 aromatic carbocycles. The van der Waals surface area contributed by atoms with Crippen LogP contribution in [-0.4, -0.2) is 18.8 Å². The van der Waals surface area contributed by atoms with Gasteiger partial charge in [0, 0.05) is 28.4 Å². The summed E-state index contributed by atoms with van der Waals surface area (Å²) < 4.78 is 5.42. The van der Waals surface area contributed by atoms with Gasteiger partial charge in [-0.25, -0.2) is 0 Å². The molecule has 2 rings (SSSR count). The van der Waals surface area contributed by atoms with Gasteiger partial charge in [0.05, 0.1) is 6.61 Å². The lowest BCUT2D eigenvalue weighted by Gasteiger charge is -2.23. The van der Waals surface area contributed by atoms with Crippen molar-refractivity contribution >= 4 is 11.3 Å². The van der Waals surface area contributed by atoms with Crippen LogP contribution in [0.25, 0.3) is 0 Å². The van der Waals surface area contributed by atoms with Gasteiger partial charge >= 0.3 is 0 Å². The first-order valence-corrected chi connectivity index (χ1v) is 6.44. The summed E-state index contributed by atoms with van der Waals surface area (Å²) in [6.45, 7) is 7.17. The summed E-state index contributed by atoms with van der Waals surface area (Å²) in [7, 11) is 0. The van der Waals surface area contributed by atoms with Crippen molar-refractivity contribution in [1.82, 2.24) is 5.32 Å². The van der Waals surface area contributed by atoms with Crippen molar-refractivity contribution in [2.45, 2.75) is 38.8 Å². The Hall–Kier alpha value is -0.380. The Morgan fingerprint density at radius 3 is 2.87 bits per heavy atom. The fraction of sp³-hybridized carbons (Fsp3) is 0.667. The van der Waals surface area contributed by atoms with Crippen LogP contribution in [0.1, 0.15) is 30.0 Å². The van der Waals surface area contributed by atoms with E-state index in [0.29, 0.717) is 0 Å². The van der Waals surface area contributed by atoms with Gasteiger partial charge in [0.2, 0.25) is 0 Å². The zero-order valence-electron chi connectivity index (χ0n) is 9.51. The molecule has 1 unspecified atom stereocenters. The van der Waals surface area contributed by atoms with Gasteiger partial charge in [0.25, 0.3) is 0 Å². The Kier molecular flexibility index (Phi) is 3.44. The molecule has 2 nitrogen and oxygen atoms in total. The van der Waals surface area contributed by atoms with Gasteiger partial charge in [-0.1, -0.05) is 6.92 Å². The minimum absolute atomic E-state index is 0.191. The lowest BCUT2D eigenvalue weighted by Crippen LogP contribution is -2.42. The van der Waals surface area contributed by atoms with Crippen molar-refractivity contribution < 1.29 is 4.74 Å². The molecule has 2 heterocycles.